The van der Waals surface area contributed by atoms with E-state index < -0.39 is 35.9 Å². The lowest BCUT2D eigenvalue weighted by atomic mass is 9.91. The summed E-state index contributed by atoms with van der Waals surface area (Å²) in [6, 6.07) is 6.05. The largest absolute Gasteiger partial charge is 0.507 e. The van der Waals surface area contributed by atoms with Gasteiger partial charge >= 0.3 is 12.1 Å². The highest BCUT2D eigenvalue weighted by Crippen LogP contribution is 2.40. The Bertz CT molecular complexity index is 986. The number of halogens is 4. The van der Waals surface area contributed by atoms with Crippen LogP contribution in [0.3, 0.4) is 0 Å². The summed E-state index contributed by atoms with van der Waals surface area (Å²) in [7, 11) is 0. The van der Waals surface area contributed by atoms with E-state index in [1.54, 1.807) is 19.9 Å². The molecule has 0 atom stereocenters. The Balaban J connectivity index is 2.69. The van der Waals surface area contributed by atoms with Crippen molar-refractivity contribution in [3.05, 3.63) is 76.6 Å². The van der Waals surface area contributed by atoms with Crippen LogP contribution in [0, 0.1) is 5.82 Å². The third-order valence-corrected chi connectivity index (χ3v) is 4.20. The molecule has 0 heterocycles. The van der Waals surface area contributed by atoms with Gasteiger partial charge in [-0.15, -0.1) is 0 Å². The zero-order chi connectivity index (χ0) is 22.6. The molecule has 0 saturated carbocycles. The summed E-state index contributed by atoms with van der Waals surface area (Å²) in [5.41, 5.74) is 0.470. The van der Waals surface area contributed by atoms with E-state index in [2.05, 4.69) is 6.58 Å². The Morgan fingerprint density at radius 2 is 1.80 bits per heavy atom. The summed E-state index contributed by atoms with van der Waals surface area (Å²) in [4.78, 5) is 11.9. The molecule has 0 aliphatic rings. The molecule has 0 aliphatic heterocycles. The Labute approximate surface area is 170 Å². The van der Waals surface area contributed by atoms with Crippen molar-refractivity contribution in [3.8, 4) is 11.5 Å². The molecule has 0 saturated heterocycles. The Morgan fingerprint density at radius 3 is 2.30 bits per heavy atom. The molecule has 0 aliphatic carbocycles. The number of carboxylic acids is 1. The molecule has 8 heteroatoms. The number of carbonyl (C=O) groups is 1. The van der Waals surface area contributed by atoms with Crippen LogP contribution in [0.5, 0.6) is 11.5 Å². The molecule has 2 N–H and O–H groups in total. The number of hydrogen-bond donors (Lipinski definition) is 2. The summed E-state index contributed by atoms with van der Waals surface area (Å²) in [6.45, 7) is 5.65. The van der Waals surface area contributed by atoms with Crippen molar-refractivity contribution in [1.82, 2.24) is 0 Å². The second kappa shape index (κ2) is 9.02. The van der Waals surface area contributed by atoms with Gasteiger partial charge in [0.15, 0.2) is 6.61 Å². The lowest BCUT2D eigenvalue weighted by Gasteiger charge is -2.19. The molecule has 0 fully saturated rings. The third-order valence-electron chi connectivity index (χ3n) is 4.20. The topological polar surface area (TPSA) is 66.8 Å². The fourth-order valence-corrected chi connectivity index (χ4v) is 2.74. The second-order valence-corrected chi connectivity index (χ2v) is 6.80. The number of ether oxygens (including phenoxy) is 1. The van der Waals surface area contributed by atoms with Crippen molar-refractivity contribution < 1.29 is 37.3 Å². The van der Waals surface area contributed by atoms with Crippen molar-refractivity contribution in [3.63, 3.8) is 0 Å². The predicted octanol–water partition coefficient (Wildman–Crippen LogP) is 5.74. The van der Waals surface area contributed by atoms with E-state index >= 15 is 0 Å². The van der Waals surface area contributed by atoms with Gasteiger partial charge in [0, 0.05) is 11.1 Å². The molecule has 2 rings (SSSR count). The van der Waals surface area contributed by atoms with E-state index in [0.29, 0.717) is 5.56 Å². The van der Waals surface area contributed by atoms with Crippen LogP contribution in [0.25, 0.3) is 5.57 Å². The first-order valence-corrected chi connectivity index (χ1v) is 8.81. The Hall–Kier alpha value is -3.29. The fourth-order valence-electron chi connectivity index (χ4n) is 2.74. The molecule has 0 aromatic heterocycles. The average Bonchev–Trinajstić information content (AvgIpc) is 2.64. The molecule has 2 aromatic rings. The molecule has 2 aromatic carbocycles. The molecule has 0 radical (unpaired) electrons. The highest BCUT2D eigenvalue weighted by molar-refractivity contribution is 6.00. The van der Waals surface area contributed by atoms with Gasteiger partial charge in [0.1, 0.15) is 22.9 Å². The minimum atomic E-state index is -4.64. The standard InChI is InChI=1S/C22H20F4O4/c1-12(2)4-9-16-18(30-11-22(24,25)26)10-17(19(20(16)27)21(28)29)13(3)14-5-7-15(23)8-6-14/h4-8,10,27H,3,9,11H2,1-2H3,(H,28,29). The van der Waals surface area contributed by atoms with Gasteiger partial charge in [0.05, 0.1) is 0 Å². The number of allylic oxidation sites excluding steroid dienone is 2. The molecule has 4 nitrogen and oxygen atoms in total. The van der Waals surface area contributed by atoms with Crippen LogP contribution >= 0.6 is 0 Å². The maximum absolute atomic E-state index is 13.2. The zero-order valence-electron chi connectivity index (χ0n) is 16.3. The van der Waals surface area contributed by atoms with E-state index in [-0.39, 0.29) is 28.9 Å². The first-order valence-electron chi connectivity index (χ1n) is 8.81. The van der Waals surface area contributed by atoms with Gasteiger partial charge in [-0.05, 0) is 49.6 Å². The molecular weight excluding hydrogens is 404 g/mol. The number of hydrogen-bond acceptors (Lipinski definition) is 3. The van der Waals surface area contributed by atoms with Crippen LogP contribution in [-0.4, -0.2) is 29.0 Å². The van der Waals surface area contributed by atoms with Crippen LogP contribution in [0.2, 0.25) is 0 Å². The van der Waals surface area contributed by atoms with Gasteiger partial charge in [0.25, 0.3) is 0 Å². The summed E-state index contributed by atoms with van der Waals surface area (Å²) >= 11 is 0. The molecule has 30 heavy (non-hydrogen) atoms. The summed E-state index contributed by atoms with van der Waals surface area (Å²) in [6.07, 6.45) is -3.05. The molecule has 160 valence electrons. The summed E-state index contributed by atoms with van der Waals surface area (Å²) in [5.74, 6) is -3.05. The van der Waals surface area contributed by atoms with Gasteiger partial charge < -0.3 is 14.9 Å². The normalized spacial score (nSPS) is 11.1. The Morgan fingerprint density at radius 1 is 1.20 bits per heavy atom. The third kappa shape index (κ3) is 5.62. The van der Waals surface area contributed by atoms with Crippen LogP contribution in [-0.2, 0) is 6.42 Å². The molecule has 0 bridgehead atoms. The van der Waals surface area contributed by atoms with E-state index in [0.717, 1.165) is 23.8 Å². The van der Waals surface area contributed by atoms with Crippen molar-refractivity contribution in [2.75, 3.05) is 6.61 Å². The summed E-state index contributed by atoms with van der Waals surface area (Å²) < 4.78 is 56.2. The highest BCUT2D eigenvalue weighted by Gasteiger charge is 2.31. The first kappa shape index (κ1) is 23.0. The van der Waals surface area contributed by atoms with Gasteiger partial charge in [-0.3, -0.25) is 0 Å². The molecule has 0 spiro atoms. The smallest absolute Gasteiger partial charge is 0.422 e. The fraction of sp³-hybridized carbons (Fsp3) is 0.227. The lowest BCUT2D eigenvalue weighted by molar-refractivity contribution is -0.153. The highest BCUT2D eigenvalue weighted by atomic mass is 19.4. The second-order valence-electron chi connectivity index (χ2n) is 6.80. The quantitative estimate of drug-likeness (QED) is 0.439. The van der Waals surface area contributed by atoms with Crippen LogP contribution in [0.1, 0.15) is 40.9 Å². The number of aromatic carboxylic acids is 1. The van der Waals surface area contributed by atoms with E-state index in [1.165, 1.54) is 12.1 Å². The number of aromatic hydroxyl groups is 1. The van der Waals surface area contributed by atoms with E-state index in [9.17, 15) is 32.6 Å². The van der Waals surface area contributed by atoms with Crippen LogP contribution in [0.15, 0.2) is 48.6 Å². The van der Waals surface area contributed by atoms with E-state index in [1.807, 2.05) is 0 Å². The van der Waals surface area contributed by atoms with Crippen molar-refractivity contribution >= 4 is 11.5 Å². The van der Waals surface area contributed by atoms with Gasteiger partial charge in [-0.25, -0.2) is 9.18 Å². The number of benzene rings is 2. The minimum Gasteiger partial charge on any atom is -0.507 e. The summed E-state index contributed by atoms with van der Waals surface area (Å²) in [5, 5.41) is 20.3. The Kier molecular flexibility index (Phi) is 6.92. The first-order chi connectivity index (χ1) is 13.9. The predicted molar refractivity (Wildman–Crippen MR) is 104 cm³/mol. The number of phenols is 1. The van der Waals surface area contributed by atoms with Crippen LogP contribution in [0.4, 0.5) is 17.6 Å². The minimum absolute atomic E-state index is 0.0368. The molecule has 0 amide bonds. The SMILES string of the molecule is C=C(c1ccc(F)cc1)c1cc(OCC(F)(F)F)c(CC=C(C)C)c(O)c1C(=O)O. The maximum atomic E-state index is 13.2. The van der Waals surface area contributed by atoms with Gasteiger partial charge in [-0.2, -0.15) is 13.2 Å². The number of alkyl halides is 3. The van der Waals surface area contributed by atoms with Crippen molar-refractivity contribution in [1.29, 1.82) is 0 Å². The van der Waals surface area contributed by atoms with E-state index in [4.69, 9.17) is 4.74 Å². The van der Waals surface area contributed by atoms with Gasteiger partial charge in [0.2, 0.25) is 0 Å². The van der Waals surface area contributed by atoms with Crippen molar-refractivity contribution in [2.24, 2.45) is 0 Å². The number of rotatable bonds is 7. The maximum Gasteiger partial charge on any atom is 0.422 e. The monoisotopic (exact) mass is 424 g/mol. The lowest BCUT2D eigenvalue weighted by Crippen LogP contribution is -2.20. The van der Waals surface area contributed by atoms with Crippen molar-refractivity contribution in [2.45, 2.75) is 26.4 Å². The zero-order valence-corrected chi connectivity index (χ0v) is 16.3. The average molecular weight is 424 g/mol. The molecular formula is C22H20F4O4. The number of carboxylic acid groups (broad SMARTS) is 1. The van der Waals surface area contributed by atoms with Crippen LogP contribution < -0.4 is 4.74 Å². The molecule has 0 unspecified atom stereocenters. The van der Waals surface area contributed by atoms with Gasteiger partial charge in [-0.1, -0.05) is 30.4 Å².